The van der Waals surface area contributed by atoms with E-state index in [1.54, 1.807) is 12.1 Å². The molecule has 1 fully saturated rings. The molecule has 1 aliphatic rings. The summed E-state index contributed by atoms with van der Waals surface area (Å²) in [7, 11) is 0. The Kier molecular flexibility index (Phi) is 5.01. The van der Waals surface area contributed by atoms with Gasteiger partial charge in [-0.15, -0.1) is 0 Å². The van der Waals surface area contributed by atoms with Crippen LogP contribution in [-0.2, 0) is 0 Å². The Labute approximate surface area is 185 Å². The van der Waals surface area contributed by atoms with Gasteiger partial charge in [-0.1, -0.05) is 18.2 Å². The Morgan fingerprint density at radius 2 is 2.03 bits per heavy atom. The van der Waals surface area contributed by atoms with E-state index in [2.05, 4.69) is 11.0 Å². The number of phenolic OH excluding ortho intramolecular Hbond substituents is 1. The number of fused-ring (bicyclic) bond motifs is 1. The van der Waals surface area contributed by atoms with Gasteiger partial charge in [-0.05, 0) is 55.7 Å². The molecule has 0 spiro atoms. The van der Waals surface area contributed by atoms with Crippen LogP contribution in [0.25, 0.3) is 22.3 Å². The lowest BCUT2D eigenvalue weighted by Gasteiger charge is -2.34. The van der Waals surface area contributed by atoms with Gasteiger partial charge in [0.15, 0.2) is 11.6 Å². The molecule has 162 valence electrons. The van der Waals surface area contributed by atoms with Crippen LogP contribution in [0.1, 0.15) is 40.4 Å². The second-order valence-electron chi connectivity index (χ2n) is 8.26. The highest BCUT2D eigenvalue weighted by Crippen LogP contribution is 2.36. The van der Waals surface area contributed by atoms with Gasteiger partial charge in [-0.25, -0.2) is 9.97 Å². The molecule has 5 rings (SSSR count). The van der Waals surface area contributed by atoms with Gasteiger partial charge in [0.25, 0.3) is 5.91 Å². The maximum absolute atomic E-state index is 11.8. The number of nitrogens with two attached hydrogens (primary N) is 1. The molecule has 1 amide bonds. The van der Waals surface area contributed by atoms with Crippen molar-refractivity contribution in [3.63, 3.8) is 0 Å². The lowest BCUT2D eigenvalue weighted by molar-refractivity contribution is 0.0972. The van der Waals surface area contributed by atoms with Crippen LogP contribution >= 0.6 is 0 Å². The van der Waals surface area contributed by atoms with Gasteiger partial charge in [-0.3, -0.25) is 4.79 Å². The first-order valence-corrected chi connectivity index (χ1v) is 10.7. The van der Waals surface area contributed by atoms with Crippen LogP contribution in [0.2, 0.25) is 0 Å². The zero-order valence-corrected chi connectivity index (χ0v) is 17.8. The standard InChI is InChI=1S/C25H24N4O3/c1-15-8-9-18-20(13-15)27-24(19-6-2-3-7-21(19)30)28-25(18)29-11-4-5-16(14-29)17-10-12-32-22(17)23(26)31/h2-3,6-10,12-13,16,30H,4-5,11,14H2,1H3,(H2,26,31)/t16-/m1/s1. The van der Waals surface area contributed by atoms with E-state index >= 15 is 0 Å². The topological polar surface area (TPSA) is 105 Å². The Hall–Kier alpha value is -3.87. The number of hydrogen-bond donors (Lipinski definition) is 2. The molecule has 2 aromatic heterocycles. The predicted octanol–water partition coefficient (Wildman–Crippen LogP) is 4.39. The van der Waals surface area contributed by atoms with Crippen LogP contribution in [0.4, 0.5) is 5.82 Å². The van der Waals surface area contributed by atoms with Crippen molar-refractivity contribution in [2.75, 3.05) is 18.0 Å². The molecule has 2 aromatic carbocycles. The zero-order chi connectivity index (χ0) is 22.2. The number of furan rings is 1. The number of amides is 1. The molecule has 7 nitrogen and oxygen atoms in total. The molecule has 0 unspecified atom stereocenters. The normalized spacial score (nSPS) is 16.4. The Morgan fingerprint density at radius 3 is 2.84 bits per heavy atom. The van der Waals surface area contributed by atoms with Gasteiger partial charge in [0.1, 0.15) is 11.6 Å². The Balaban J connectivity index is 1.60. The van der Waals surface area contributed by atoms with E-state index in [0.29, 0.717) is 17.9 Å². The van der Waals surface area contributed by atoms with Crippen molar-refractivity contribution in [2.45, 2.75) is 25.7 Å². The number of aromatic nitrogens is 2. The number of rotatable bonds is 4. The maximum Gasteiger partial charge on any atom is 0.284 e. The third-order valence-electron chi connectivity index (χ3n) is 6.06. The number of primary amides is 1. The van der Waals surface area contributed by atoms with Gasteiger partial charge in [-0.2, -0.15) is 0 Å². The van der Waals surface area contributed by atoms with Gasteiger partial charge in [0.05, 0.1) is 17.3 Å². The van der Waals surface area contributed by atoms with E-state index in [-0.39, 0.29) is 17.4 Å². The second-order valence-corrected chi connectivity index (χ2v) is 8.26. The maximum atomic E-state index is 11.8. The molecule has 4 aromatic rings. The SMILES string of the molecule is Cc1ccc2c(N3CCC[C@@H](c4ccoc4C(N)=O)C3)nc(-c3ccccc3O)nc2c1. The molecule has 0 bridgehead atoms. The molecule has 0 saturated carbocycles. The first kappa shape index (κ1) is 20.1. The monoisotopic (exact) mass is 428 g/mol. The highest BCUT2D eigenvalue weighted by atomic mass is 16.3. The number of carbonyl (C=O) groups is 1. The van der Waals surface area contributed by atoms with E-state index in [9.17, 15) is 9.90 Å². The number of aryl methyl sites for hydroxylation is 1. The summed E-state index contributed by atoms with van der Waals surface area (Å²) in [6.45, 7) is 3.54. The number of phenols is 1. The summed E-state index contributed by atoms with van der Waals surface area (Å²) >= 11 is 0. The molecule has 3 heterocycles. The van der Waals surface area contributed by atoms with Crippen LogP contribution in [0, 0.1) is 6.92 Å². The minimum absolute atomic E-state index is 0.106. The number of piperidine rings is 1. The third kappa shape index (κ3) is 3.56. The largest absolute Gasteiger partial charge is 0.507 e. The van der Waals surface area contributed by atoms with E-state index in [1.807, 2.05) is 37.3 Å². The van der Waals surface area contributed by atoms with Crippen LogP contribution < -0.4 is 10.6 Å². The smallest absolute Gasteiger partial charge is 0.284 e. The summed E-state index contributed by atoms with van der Waals surface area (Å²) in [6.07, 6.45) is 3.40. The first-order chi connectivity index (χ1) is 15.5. The number of benzene rings is 2. The average Bonchev–Trinajstić information content (AvgIpc) is 3.29. The predicted molar refractivity (Wildman–Crippen MR) is 123 cm³/mol. The van der Waals surface area contributed by atoms with Crippen molar-refractivity contribution in [1.29, 1.82) is 0 Å². The number of carbonyl (C=O) groups excluding carboxylic acids is 1. The summed E-state index contributed by atoms with van der Waals surface area (Å²) in [5, 5.41) is 11.3. The van der Waals surface area contributed by atoms with Gasteiger partial charge >= 0.3 is 0 Å². The highest BCUT2D eigenvalue weighted by molar-refractivity contribution is 5.93. The van der Waals surface area contributed by atoms with E-state index in [4.69, 9.17) is 20.1 Å². The lowest BCUT2D eigenvalue weighted by atomic mass is 9.90. The van der Waals surface area contributed by atoms with E-state index < -0.39 is 5.91 Å². The van der Waals surface area contributed by atoms with Gasteiger partial charge in [0.2, 0.25) is 0 Å². The minimum Gasteiger partial charge on any atom is -0.507 e. The molecule has 1 atom stereocenters. The first-order valence-electron chi connectivity index (χ1n) is 10.7. The summed E-state index contributed by atoms with van der Waals surface area (Å²) in [4.78, 5) is 23.7. The highest BCUT2D eigenvalue weighted by Gasteiger charge is 2.28. The van der Waals surface area contributed by atoms with Crippen molar-refractivity contribution in [1.82, 2.24) is 9.97 Å². The molecular weight excluding hydrogens is 404 g/mol. The molecule has 1 saturated heterocycles. The van der Waals surface area contributed by atoms with Crippen LogP contribution in [0.3, 0.4) is 0 Å². The summed E-state index contributed by atoms with van der Waals surface area (Å²) in [5.41, 5.74) is 8.88. The second kappa shape index (κ2) is 8.00. The van der Waals surface area contributed by atoms with Crippen LogP contribution in [0.5, 0.6) is 5.75 Å². The van der Waals surface area contributed by atoms with Gasteiger partial charge in [0, 0.05) is 30.0 Å². The Morgan fingerprint density at radius 1 is 1.19 bits per heavy atom. The Bertz CT molecular complexity index is 1310. The number of para-hydroxylation sites is 1. The van der Waals surface area contributed by atoms with Crippen molar-refractivity contribution >= 4 is 22.6 Å². The summed E-state index contributed by atoms with van der Waals surface area (Å²) in [6, 6.07) is 15.1. The molecular formula is C25H24N4O3. The lowest BCUT2D eigenvalue weighted by Crippen LogP contribution is -2.35. The van der Waals surface area contributed by atoms with Gasteiger partial charge < -0.3 is 20.2 Å². The molecule has 0 radical (unpaired) electrons. The molecule has 0 aliphatic carbocycles. The zero-order valence-electron chi connectivity index (χ0n) is 17.8. The van der Waals surface area contributed by atoms with E-state index in [1.165, 1.54) is 6.26 Å². The van der Waals surface area contributed by atoms with Crippen molar-refractivity contribution in [3.05, 3.63) is 71.7 Å². The molecule has 1 aliphatic heterocycles. The van der Waals surface area contributed by atoms with Crippen molar-refractivity contribution in [2.24, 2.45) is 5.73 Å². The molecule has 32 heavy (non-hydrogen) atoms. The quantitative estimate of drug-likeness (QED) is 0.499. The molecule has 7 heteroatoms. The van der Waals surface area contributed by atoms with Crippen molar-refractivity contribution < 1.29 is 14.3 Å². The number of aromatic hydroxyl groups is 1. The molecule has 3 N–H and O–H groups in total. The fourth-order valence-electron chi connectivity index (χ4n) is 4.51. The number of anilines is 1. The van der Waals surface area contributed by atoms with Crippen LogP contribution in [-0.4, -0.2) is 34.1 Å². The summed E-state index contributed by atoms with van der Waals surface area (Å²) < 4.78 is 5.35. The summed E-state index contributed by atoms with van der Waals surface area (Å²) in [5.74, 6) is 1.24. The van der Waals surface area contributed by atoms with Crippen LogP contribution in [0.15, 0.2) is 59.2 Å². The minimum atomic E-state index is -0.549. The van der Waals surface area contributed by atoms with E-state index in [0.717, 1.165) is 47.2 Å². The third-order valence-corrected chi connectivity index (χ3v) is 6.06. The number of nitrogens with zero attached hydrogens (tertiary/aromatic N) is 3. The fourth-order valence-corrected chi connectivity index (χ4v) is 4.51. The number of hydrogen-bond acceptors (Lipinski definition) is 6. The van der Waals surface area contributed by atoms with Crippen molar-refractivity contribution in [3.8, 4) is 17.1 Å². The average molecular weight is 428 g/mol. The fraction of sp³-hybridized carbons (Fsp3) is 0.240.